The standard InChI is InChI=1S/C11H12FNO/c1-6-4-8(7-2-3-7)9(11(13)14)5-10(6)12/h4-5,7H,2-3H2,1H3,(H2,13,14). The Bertz CT molecular complexity index is 397. The zero-order valence-corrected chi connectivity index (χ0v) is 8.01. The fourth-order valence-corrected chi connectivity index (χ4v) is 1.65. The molecule has 0 bridgehead atoms. The molecule has 2 rings (SSSR count). The van der Waals surface area contributed by atoms with Crippen LogP contribution in [0.2, 0.25) is 0 Å². The van der Waals surface area contributed by atoms with Gasteiger partial charge in [0, 0.05) is 5.56 Å². The van der Waals surface area contributed by atoms with Crippen LogP contribution in [0, 0.1) is 12.7 Å². The van der Waals surface area contributed by atoms with Crippen LogP contribution in [0.15, 0.2) is 12.1 Å². The molecule has 3 heteroatoms. The monoisotopic (exact) mass is 193 g/mol. The molecule has 0 heterocycles. The fraction of sp³-hybridized carbons (Fsp3) is 0.364. The molecule has 0 saturated heterocycles. The molecule has 0 atom stereocenters. The minimum Gasteiger partial charge on any atom is -0.366 e. The Hall–Kier alpha value is -1.38. The number of aryl methyl sites for hydroxylation is 1. The van der Waals surface area contributed by atoms with Gasteiger partial charge in [-0.3, -0.25) is 4.79 Å². The third-order valence-electron chi connectivity index (χ3n) is 2.61. The van der Waals surface area contributed by atoms with Crippen molar-refractivity contribution in [3.05, 3.63) is 34.6 Å². The molecule has 1 aromatic carbocycles. The maximum atomic E-state index is 13.2. The Morgan fingerprint density at radius 3 is 2.64 bits per heavy atom. The van der Waals surface area contributed by atoms with E-state index in [0.717, 1.165) is 18.4 Å². The van der Waals surface area contributed by atoms with E-state index in [1.54, 1.807) is 13.0 Å². The zero-order chi connectivity index (χ0) is 10.3. The summed E-state index contributed by atoms with van der Waals surface area (Å²) in [7, 11) is 0. The van der Waals surface area contributed by atoms with Crippen molar-refractivity contribution in [1.29, 1.82) is 0 Å². The Kier molecular flexibility index (Phi) is 2.02. The van der Waals surface area contributed by atoms with Crippen molar-refractivity contribution >= 4 is 5.91 Å². The number of carbonyl (C=O) groups excluding carboxylic acids is 1. The van der Waals surface area contributed by atoms with Gasteiger partial charge in [0.25, 0.3) is 0 Å². The third-order valence-corrected chi connectivity index (χ3v) is 2.61. The van der Waals surface area contributed by atoms with Gasteiger partial charge >= 0.3 is 0 Å². The molecule has 1 aliphatic rings. The molecular weight excluding hydrogens is 181 g/mol. The summed E-state index contributed by atoms with van der Waals surface area (Å²) in [5.74, 6) is -0.481. The molecule has 1 amide bonds. The largest absolute Gasteiger partial charge is 0.366 e. The van der Waals surface area contributed by atoms with Gasteiger partial charge in [-0.1, -0.05) is 6.07 Å². The molecule has 0 unspecified atom stereocenters. The zero-order valence-electron chi connectivity index (χ0n) is 8.01. The van der Waals surface area contributed by atoms with Gasteiger partial charge in [-0.2, -0.15) is 0 Å². The van der Waals surface area contributed by atoms with E-state index in [1.807, 2.05) is 0 Å². The lowest BCUT2D eigenvalue weighted by Crippen LogP contribution is -2.14. The number of benzene rings is 1. The van der Waals surface area contributed by atoms with Crippen molar-refractivity contribution in [3.63, 3.8) is 0 Å². The summed E-state index contributed by atoms with van der Waals surface area (Å²) >= 11 is 0. The van der Waals surface area contributed by atoms with Crippen molar-refractivity contribution in [3.8, 4) is 0 Å². The van der Waals surface area contributed by atoms with Crippen LogP contribution in [0.4, 0.5) is 4.39 Å². The first-order chi connectivity index (χ1) is 6.59. The van der Waals surface area contributed by atoms with E-state index >= 15 is 0 Å². The van der Waals surface area contributed by atoms with Gasteiger partial charge in [0.2, 0.25) is 5.91 Å². The molecular formula is C11H12FNO. The highest BCUT2D eigenvalue weighted by atomic mass is 19.1. The van der Waals surface area contributed by atoms with Gasteiger partial charge in [-0.15, -0.1) is 0 Å². The highest BCUT2D eigenvalue weighted by Crippen LogP contribution is 2.42. The topological polar surface area (TPSA) is 43.1 Å². The van der Waals surface area contributed by atoms with Crippen molar-refractivity contribution in [2.75, 3.05) is 0 Å². The molecule has 2 N–H and O–H groups in total. The molecule has 0 aromatic heterocycles. The van der Waals surface area contributed by atoms with E-state index in [2.05, 4.69) is 0 Å². The number of nitrogens with two attached hydrogens (primary N) is 1. The first-order valence-electron chi connectivity index (χ1n) is 4.69. The van der Waals surface area contributed by atoms with Crippen LogP contribution >= 0.6 is 0 Å². The number of rotatable bonds is 2. The van der Waals surface area contributed by atoms with Crippen LogP contribution in [0.25, 0.3) is 0 Å². The summed E-state index contributed by atoms with van der Waals surface area (Å²) < 4.78 is 13.2. The number of halogens is 1. The summed E-state index contributed by atoms with van der Waals surface area (Å²) in [6, 6.07) is 3.00. The van der Waals surface area contributed by atoms with Crippen molar-refractivity contribution < 1.29 is 9.18 Å². The van der Waals surface area contributed by atoms with Crippen LogP contribution in [0.5, 0.6) is 0 Å². The van der Waals surface area contributed by atoms with E-state index in [9.17, 15) is 9.18 Å². The molecule has 1 saturated carbocycles. The van der Waals surface area contributed by atoms with E-state index in [1.165, 1.54) is 6.07 Å². The van der Waals surface area contributed by atoms with Gasteiger partial charge in [-0.05, 0) is 42.9 Å². The molecule has 1 aromatic rings. The van der Waals surface area contributed by atoms with Crippen molar-refractivity contribution in [1.82, 2.24) is 0 Å². The first kappa shape index (κ1) is 9.19. The highest BCUT2D eigenvalue weighted by molar-refractivity contribution is 5.94. The van der Waals surface area contributed by atoms with Gasteiger partial charge in [0.15, 0.2) is 0 Å². The lowest BCUT2D eigenvalue weighted by Gasteiger charge is -2.07. The Balaban J connectivity index is 2.54. The average molecular weight is 193 g/mol. The lowest BCUT2D eigenvalue weighted by molar-refractivity contribution is 0.0999. The second-order valence-electron chi connectivity index (χ2n) is 3.83. The Labute approximate surface area is 81.9 Å². The Morgan fingerprint density at radius 1 is 1.50 bits per heavy atom. The van der Waals surface area contributed by atoms with E-state index in [-0.39, 0.29) is 5.82 Å². The molecule has 0 radical (unpaired) electrons. The number of hydrogen-bond acceptors (Lipinski definition) is 1. The average Bonchev–Trinajstić information content (AvgIpc) is 2.91. The highest BCUT2D eigenvalue weighted by Gasteiger charge is 2.28. The third kappa shape index (κ3) is 1.50. The van der Waals surface area contributed by atoms with E-state index in [4.69, 9.17) is 5.73 Å². The number of hydrogen-bond donors (Lipinski definition) is 1. The van der Waals surface area contributed by atoms with Crippen LogP contribution < -0.4 is 5.73 Å². The van der Waals surface area contributed by atoms with Crippen molar-refractivity contribution in [2.24, 2.45) is 5.73 Å². The maximum Gasteiger partial charge on any atom is 0.249 e. The molecule has 0 spiro atoms. The van der Waals surface area contributed by atoms with Crippen LogP contribution in [-0.2, 0) is 0 Å². The predicted octanol–water partition coefficient (Wildman–Crippen LogP) is 2.11. The van der Waals surface area contributed by atoms with Gasteiger partial charge in [0.1, 0.15) is 5.82 Å². The maximum absolute atomic E-state index is 13.2. The number of carbonyl (C=O) groups is 1. The quantitative estimate of drug-likeness (QED) is 0.768. The second kappa shape index (κ2) is 3.08. The van der Waals surface area contributed by atoms with Gasteiger partial charge in [0.05, 0.1) is 0 Å². The minimum atomic E-state index is -0.536. The summed E-state index contributed by atoms with van der Waals surface area (Å²) in [4.78, 5) is 11.1. The first-order valence-corrected chi connectivity index (χ1v) is 4.69. The van der Waals surface area contributed by atoms with Crippen LogP contribution in [-0.4, -0.2) is 5.91 Å². The molecule has 0 aliphatic heterocycles. The van der Waals surface area contributed by atoms with Gasteiger partial charge < -0.3 is 5.73 Å². The predicted molar refractivity (Wildman–Crippen MR) is 51.6 cm³/mol. The summed E-state index contributed by atoms with van der Waals surface area (Å²) in [5, 5.41) is 0. The molecule has 1 aliphatic carbocycles. The number of amides is 1. The molecule has 14 heavy (non-hydrogen) atoms. The Morgan fingerprint density at radius 2 is 2.14 bits per heavy atom. The molecule has 74 valence electrons. The summed E-state index contributed by atoms with van der Waals surface area (Å²) in [5.41, 5.74) is 7.03. The van der Waals surface area contributed by atoms with Crippen LogP contribution in [0.1, 0.15) is 40.2 Å². The molecule has 1 fully saturated rings. The lowest BCUT2D eigenvalue weighted by atomic mass is 10.00. The minimum absolute atomic E-state index is 0.343. The smallest absolute Gasteiger partial charge is 0.249 e. The van der Waals surface area contributed by atoms with Crippen LogP contribution in [0.3, 0.4) is 0 Å². The van der Waals surface area contributed by atoms with E-state index in [0.29, 0.717) is 17.0 Å². The normalized spacial score (nSPS) is 15.6. The summed E-state index contributed by atoms with van der Waals surface area (Å²) in [6.07, 6.45) is 2.15. The fourth-order valence-electron chi connectivity index (χ4n) is 1.65. The SMILES string of the molecule is Cc1cc(C2CC2)c(C(N)=O)cc1F. The second-order valence-corrected chi connectivity index (χ2v) is 3.83. The number of primary amides is 1. The van der Waals surface area contributed by atoms with Gasteiger partial charge in [-0.25, -0.2) is 4.39 Å². The molecule has 2 nitrogen and oxygen atoms in total. The van der Waals surface area contributed by atoms with E-state index < -0.39 is 5.91 Å². The van der Waals surface area contributed by atoms with Crippen molar-refractivity contribution in [2.45, 2.75) is 25.7 Å². The summed E-state index contributed by atoms with van der Waals surface area (Å²) in [6.45, 7) is 1.70.